The number of nitrogens with two attached hydrogens (primary N) is 1. The molecule has 2 rings (SSSR count). The summed E-state index contributed by atoms with van der Waals surface area (Å²) in [5, 5.41) is 1.10. The molecule has 0 amide bonds. The number of halogens is 2. The first-order valence-electron chi connectivity index (χ1n) is 5.61. The summed E-state index contributed by atoms with van der Waals surface area (Å²) in [5.41, 5.74) is 7.83. The van der Waals surface area contributed by atoms with Gasteiger partial charge in [-0.3, -0.25) is 0 Å². The Labute approximate surface area is 115 Å². The maximum Gasteiger partial charge on any atom is 0.142 e. The van der Waals surface area contributed by atoms with E-state index in [4.69, 9.17) is 17.3 Å². The predicted octanol–water partition coefficient (Wildman–Crippen LogP) is 3.79. The molecule has 0 saturated carbocycles. The highest BCUT2D eigenvalue weighted by Gasteiger charge is 2.12. The van der Waals surface area contributed by atoms with E-state index in [0.29, 0.717) is 6.42 Å². The SMILES string of the molecule is Cc1nc(CC(N)c2ccc(Cl)c(F)c2)sc1C. The van der Waals surface area contributed by atoms with Crippen molar-refractivity contribution in [3.8, 4) is 0 Å². The highest BCUT2D eigenvalue weighted by Crippen LogP contribution is 2.24. The van der Waals surface area contributed by atoms with Gasteiger partial charge in [0.2, 0.25) is 0 Å². The second-order valence-corrected chi connectivity index (χ2v) is 5.93. The summed E-state index contributed by atoms with van der Waals surface area (Å²) in [7, 11) is 0. The zero-order valence-electron chi connectivity index (χ0n) is 10.2. The van der Waals surface area contributed by atoms with Crippen molar-refractivity contribution >= 4 is 22.9 Å². The molecule has 1 aromatic carbocycles. The molecule has 0 saturated heterocycles. The van der Waals surface area contributed by atoms with Gasteiger partial charge in [-0.15, -0.1) is 11.3 Å². The molecule has 0 radical (unpaired) electrons. The summed E-state index contributed by atoms with van der Waals surface area (Å²) in [6.07, 6.45) is 0.612. The molecule has 18 heavy (non-hydrogen) atoms. The molecule has 2 N–H and O–H groups in total. The first kappa shape index (κ1) is 13.5. The Bertz CT molecular complexity index is 549. The molecule has 1 aromatic heterocycles. The Balaban J connectivity index is 2.16. The highest BCUT2D eigenvalue weighted by atomic mass is 35.5. The Morgan fingerprint density at radius 3 is 2.72 bits per heavy atom. The number of rotatable bonds is 3. The number of hydrogen-bond acceptors (Lipinski definition) is 3. The van der Waals surface area contributed by atoms with E-state index in [-0.39, 0.29) is 11.1 Å². The quantitative estimate of drug-likeness (QED) is 0.931. The first-order chi connectivity index (χ1) is 8.47. The van der Waals surface area contributed by atoms with Crippen LogP contribution in [0.25, 0.3) is 0 Å². The van der Waals surface area contributed by atoms with Gasteiger partial charge in [-0.25, -0.2) is 9.37 Å². The molecule has 2 nitrogen and oxygen atoms in total. The average molecular weight is 285 g/mol. The number of nitrogens with zero attached hydrogens (tertiary/aromatic N) is 1. The van der Waals surface area contributed by atoms with E-state index in [1.807, 2.05) is 13.8 Å². The molecule has 96 valence electrons. The summed E-state index contributed by atoms with van der Waals surface area (Å²) in [6.45, 7) is 4.01. The van der Waals surface area contributed by atoms with Crippen LogP contribution in [-0.4, -0.2) is 4.98 Å². The van der Waals surface area contributed by atoms with Crippen LogP contribution >= 0.6 is 22.9 Å². The largest absolute Gasteiger partial charge is 0.324 e. The van der Waals surface area contributed by atoms with Gasteiger partial charge in [0.05, 0.1) is 15.7 Å². The lowest BCUT2D eigenvalue weighted by atomic mass is 10.1. The van der Waals surface area contributed by atoms with Crippen LogP contribution in [0.15, 0.2) is 18.2 Å². The van der Waals surface area contributed by atoms with Gasteiger partial charge < -0.3 is 5.73 Å². The maximum absolute atomic E-state index is 13.3. The van der Waals surface area contributed by atoms with Gasteiger partial charge in [-0.1, -0.05) is 17.7 Å². The molecule has 0 fully saturated rings. The fraction of sp³-hybridized carbons (Fsp3) is 0.308. The molecule has 1 unspecified atom stereocenters. The van der Waals surface area contributed by atoms with Crippen LogP contribution in [0.2, 0.25) is 5.02 Å². The molecule has 0 aliphatic rings. The third kappa shape index (κ3) is 2.88. The number of benzene rings is 1. The van der Waals surface area contributed by atoms with E-state index < -0.39 is 5.82 Å². The minimum absolute atomic E-state index is 0.117. The van der Waals surface area contributed by atoms with Gasteiger partial charge in [-0.2, -0.15) is 0 Å². The minimum atomic E-state index is -0.434. The summed E-state index contributed by atoms with van der Waals surface area (Å²) >= 11 is 7.28. The van der Waals surface area contributed by atoms with Gasteiger partial charge >= 0.3 is 0 Å². The lowest BCUT2D eigenvalue weighted by Crippen LogP contribution is -2.13. The lowest BCUT2D eigenvalue weighted by molar-refractivity contribution is 0.618. The Morgan fingerprint density at radius 1 is 1.44 bits per heavy atom. The molecule has 0 bridgehead atoms. The topological polar surface area (TPSA) is 38.9 Å². The molecule has 0 aliphatic carbocycles. The van der Waals surface area contributed by atoms with Crippen molar-refractivity contribution in [1.29, 1.82) is 0 Å². The van der Waals surface area contributed by atoms with Crippen LogP contribution in [0.1, 0.15) is 27.2 Å². The standard InChI is InChI=1S/C13H14ClFN2S/c1-7-8(2)18-13(17-7)6-12(16)9-3-4-10(14)11(15)5-9/h3-5,12H,6,16H2,1-2H3. The first-order valence-corrected chi connectivity index (χ1v) is 6.80. The van der Waals surface area contributed by atoms with Crippen molar-refractivity contribution in [2.24, 2.45) is 5.73 Å². The second-order valence-electron chi connectivity index (χ2n) is 4.23. The van der Waals surface area contributed by atoms with Crippen molar-refractivity contribution in [3.63, 3.8) is 0 Å². The lowest BCUT2D eigenvalue weighted by Gasteiger charge is -2.10. The maximum atomic E-state index is 13.3. The van der Waals surface area contributed by atoms with Gasteiger partial charge in [0, 0.05) is 17.3 Å². The van der Waals surface area contributed by atoms with E-state index in [1.165, 1.54) is 17.0 Å². The zero-order chi connectivity index (χ0) is 13.3. The normalized spacial score (nSPS) is 12.7. The molecular formula is C13H14ClFN2S. The minimum Gasteiger partial charge on any atom is -0.324 e. The summed E-state index contributed by atoms with van der Waals surface area (Å²) in [4.78, 5) is 5.63. The fourth-order valence-corrected chi connectivity index (χ4v) is 2.79. The zero-order valence-corrected chi connectivity index (χ0v) is 11.8. The summed E-state index contributed by atoms with van der Waals surface area (Å²) in [6, 6.07) is 4.41. The number of aromatic nitrogens is 1. The van der Waals surface area contributed by atoms with E-state index in [0.717, 1.165) is 16.3 Å². The Morgan fingerprint density at radius 2 is 2.17 bits per heavy atom. The smallest absolute Gasteiger partial charge is 0.142 e. The third-order valence-corrected chi connectivity index (χ3v) is 4.24. The van der Waals surface area contributed by atoms with Crippen molar-refractivity contribution in [1.82, 2.24) is 4.98 Å². The molecule has 1 atom stereocenters. The van der Waals surface area contributed by atoms with Crippen LogP contribution < -0.4 is 5.73 Å². The molecule has 0 spiro atoms. The average Bonchev–Trinajstić information content (AvgIpc) is 2.61. The Kier molecular flexibility index (Phi) is 4.00. The predicted molar refractivity (Wildman–Crippen MR) is 73.6 cm³/mol. The molecule has 5 heteroatoms. The number of thiazole rings is 1. The van der Waals surface area contributed by atoms with Crippen LogP contribution in [-0.2, 0) is 6.42 Å². The van der Waals surface area contributed by atoms with Crippen LogP contribution in [0.5, 0.6) is 0 Å². The second kappa shape index (κ2) is 5.34. The Hall–Kier alpha value is -0.970. The summed E-state index contributed by atoms with van der Waals surface area (Å²) < 4.78 is 13.3. The number of aryl methyl sites for hydroxylation is 2. The van der Waals surface area contributed by atoms with E-state index in [9.17, 15) is 4.39 Å². The van der Waals surface area contributed by atoms with Gasteiger partial charge in [0.25, 0.3) is 0 Å². The molecular weight excluding hydrogens is 271 g/mol. The summed E-state index contributed by atoms with van der Waals surface area (Å²) in [5.74, 6) is -0.434. The van der Waals surface area contributed by atoms with E-state index in [1.54, 1.807) is 17.4 Å². The molecule has 0 aliphatic heterocycles. The van der Waals surface area contributed by atoms with Crippen molar-refractivity contribution in [3.05, 3.63) is 50.2 Å². The van der Waals surface area contributed by atoms with Gasteiger partial charge in [0.15, 0.2) is 0 Å². The van der Waals surface area contributed by atoms with Crippen LogP contribution in [0.3, 0.4) is 0 Å². The highest BCUT2D eigenvalue weighted by molar-refractivity contribution is 7.11. The van der Waals surface area contributed by atoms with Gasteiger partial charge in [0.1, 0.15) is 5.82 Å². The number of hydrogen-bond donors (Lipinski definition) is 1. The fourth-order valence-electron chi connectivity index (χ4n) is 1.68. The molecule has 2 aromatic rings. The third-order valence-electron chi connectivity index (χ3n) is 2.84. The van der Waals surface area contributed by atoms with Crippen LogP contribution in [0.4, 0.5) is 4.39 Å². The van der Waals surface area contributed by atoms with Crippen LogP contribution in [0, 0.1) is 19.7 Å². The van der Waals surface area contributed by atoms with Crippen molar-refractivity contribution < 1.29 is 4.39 Å². The molecule has 1 heterocycles. The van der Waals surface area contributed by atoms with Crippen molar-refractivity contribution in [2.45, 2.75) is 26.3 Å². The van der Waals surface area contributed by atoms with Gasteiger partial charge in [-0.05, 0) is 31.5 Å². The monoisotopic (exact) mass is 284 g/mol. The van der Waals surface area contributed by atoms with E-state index in [2.05, 4.69) is 4.98 Å². The van der Waals surface area contributed by atoms with Crippen molar-refractivity contribution in [2.75, 3.05) is 0 Å². The van der Waals surface area contributed by atoms with E-state index >= 15 is 0 Å².